The van der Waals surface area contributed by atoms with Crippen molar-refractivity contribution < 1.29 is 4.79 Å². The largest absolute Gasteiger partial charge is 0.303 e. The van der Waals surface area contributed by atoms with E-state index in [1.54, 1.807) is 12.4 Å². The van der Waals surface area contributed by atoms with Crippen LogP contribution in [-0.4, -0.2) is 60.3 Å². The monoisotopic (exact) mass is 233 g/mol. The van der Waals surface area contributed by atoms with Crippen molar-refractivity contribution in [1.29, 1.82) is 0 Å². The van der Waals surface area contributed by atoms with E-state index < -0.39 is 0 Å². The van der Waals surface area contributed by atoms with Gasteiger partial charge in [-0.25, -0.2) is 0 Å². The third-order valence-electron chi connectivity index (χ3n) is 3.46. The third-order valence-corrected chi connectivity index (χ3v) is 3.46. The van der Waals surface area contributed by atoms with E-state index in [4.69, 9.17) is 0 Å². The summed E-state index contributed by atoms with van der Waals surface area (Å²) in [6, 6.07) is 1.84. The van der Waals surface area contributed by atoms with Crippen molar-refractivity contribution in [1.82, 2.24) is 14.8 Å². The van der Waals surface area contributed by atoms with Crippen molar-refractivity contribution in [2.75, 3.05) is 33.7 Å². The molecule has 1 aliphatic rings. The summed E-state index contributed by atoms with van der Waals surface area (Å²) < 4.78 is 0. The molecule has 1 unspecified atom stereocenters. The van der Waals surface area contributed by atoms with Gasteiger partial charge in [0.2, 0.25) is 0 Å². The van der Waals surface area contributed by atoms with Gasteiger partial charge in [0.15, 0.2) is 5.78 Å². The first-order chi connectivity index (χ1) is 8.09. The van der Waals surface area contributed by atoms with Crippen LogP contribution in [0.1, 0.15) is 15.9 Å². The zero-order valence-corrected chi connectivity index (χ0v) is 10.7. The number of hydrogen-bond acceptors (Lipinski definition) is 4. The van der Waals surface area contributed by atoms with Gasteiger partial charge in [0.1, 0.15) is 0 Å². The zero-order chi connectivity index (χ0) is 12.4. The van der Waals surface area contributed by atoms with Gasteiger partial charge in [0.05, 0.1) is 6.04 Å². The summed E-state index contributed by atoms with van der Waals surface area (Å²) in [5.41, 5.74) is 1.76. The highest BCUT2D eigenvalue weighted by Gasteiger charge is 2.29. The number of aromatic nitrogens is 1. The van der Waals surface area contributed by atoms with E-state index in [2.05, 4.69) is 21.8 Å². The summed E-state index contributed by atoms with van der Waals surface area (Å²) in [5, 5.41) is 0. The Bertz CT molecular complexity index is 419. The lowest BCUT2D eigenvalue weighted by atomic mass is 9.99. The number of hydrogen-bond donors (Lipinski definition) is 0. The summed E-state index contributed by atoms with van der Waals surface area (Å²) >= 11 is 0. The van der Waals surface area contributed by atoms with Crippen LogP contribution in [0.3, 0.4) is 0 Å². The smallest absolute Gasteiger partial charge is 0.183 e. The molecular weight excluding hydrogens is 214 g/mol. The molecule has 1 saturated heterocycles. The molecule has 4 nitrogen and oxygen atoms in total. The van der Waals surface area contributed by atoms with Gasteiger partial charge in [0, 0.05) is 37.6 Å². The fraction of sp³-hybridized carbons (Fsp3) is 0.538. The van der Waals surface area contributed by atoms with E-state index in [0.717, 1.165) is 30.8 Å². The topological polar surface area (TPSA) is 36.4 Å². The van der Waals surface area contributed by atoms with Gasteiger partial charge in [-0.15, -0.1) is 0 Å². The van der Waals surface area contributed by atoms with E-state index in [0.29, 0.717) is 0 Å². The molecule has 2 rings (SSSR count). The van der Waals surface area contributed by atoms with Crippen LogP contribution in [0.4, 0.5) is 0 Å². The number of likely N-dealkylation sites (N-methyl/N-ethyl adjacent to an activating group) is 2. The maximum atomic E-state index is 12.5. The predicted molar refractivity (Wildman–Crippen MR) is 67.2 cm³/mol. The summed E-state index contributed by atoms with van der Waals surface area (Å²) in [7, 11) is 4.07. The summed E-state index contributed by atoms with van der Waals surface area (Å²) in [5.74, 6) is 0.185. The summed E-state index contributed by atoms with van der Waals surface area (Å²) in [6.07, 6.45) is 3.41. The number of piperazine rings is 1. The molecule has 0 spiro atoms. The number of ketones is 1. The van der Waals surface area contributed by atoms with Gasteiger partial charge >= 0.3 is 0 Å². The van der Waals surface area contributed by atoms with E-state index in [9.17, 15) is 4.79 Å². The van der Waals surface area contributed by atoms with Crippen LogP contribution >= 0.6 is 0 Å². The van der Waals surface area contributed by atoms with Crippen LogP contribution in [0.5, 0.6) is 0 Å². The number of aryl methyl sites for hydroxylation is 1. The van der Waals surface area contributed by atoms with Crippen LogP contribution < -0.4 is 0 Å². The van der Waals surface area contributed by atoms with E-state index in [1.165, 1.54) is 0 Å². The van der Waals surface area contributed by atoms with Crippen LogP contribution in [0.2, 0.25) is 0 Å². The molecule has 1 aromatic rings. The normalized spacial score (nSPS) is 22.6. The molecule has 2 heterocycles. The highest BCUT2D eigenvalue weighted by Crippen LogP contribution is 2.14. The van der Waals surface area contributed by atoms with Crippen LogP contribution in [-0.2, 0) is 0 Å². The minimum Gasteiger partial charge on any atom is -0.303 e. The fourth-order valence-electron chi connectivity index (χ4n) is 2.19. The van der Waals surface area contributed by atoms with Gasteiger partial charge in [-0.3, -0.25) is 14.7 Å². The van der Waals surface area contributed by atoms with Gasteiger partial charge in [0.25, 0.3) is 0 Å². The standard InChI is InChI=1S/C13H19N3O/c1-10-4-5-14-8-11(10)13(17)12-9-15(2)6-7-16(12)3/h4-5,8,12H,6-7,9H2,1-3H3. The maximum Gasteiger partial charge on any atom is 0.183 e. The van der Waals surface area contributed by atoms with Crippen LogP contribution in [0.15, 0.2) is 18.5 Å². The van der Waals surface area contributed by atoms with Gasteiger partial charge in [-0.1, -0.05) is 0 Å². The Hall–Kier alpha value is -1.26. The van der Waals surface area contributed by atoms with Gasteiger partial charge in [-0.2, -0.15) is 0 Å². The lowest BCUT2D eigenvalue weighted by Gasteiger charge is -2.36. The first-order valence-electron chi connectivity index (χ1n) is 5.93. The second-order valence-electron chi connectivity index (χ2n) is 4.81. The molecule has 0 aromatic carbocycles. The highest BCUT2D eigenvalue weighted by molar-refractivity contribution is 6.01. The molecule has 17 heavy (non-hydrogen) atoms. The van der Waals surface area contributed by atoms with Crippen molar-refractivity contribution in [3.05, 3.63) is 29.6 Å². The zero-order valence-electron chi connectivity index (χ0n) is 10.7. The van der Waals surface area contributed by atoms with Crippen LogP contribution in [0.25, 0.3) is 0 Å². The van der Waals surface area contributed by atoms with Crippen molar-refractivity contribution in [3.63, 3.8) is 0 Å². The molecule has 4 heteroatoms. The Morgan fingerprint density at radius 1 is 1.41 bits per heavy atom. The SMILES string of the molecule is Cc1ccncc1C(=O)C1CN(C)CCN1C. The molecule has 0 radical (unpaired) electrons. The van der Waals surface area contributed by atoms with Gasteiger partial charge in [-0.05, 0) is 32.6 Å². The minimum atomic E-state index is -0.0448. The number of rotatable bonds is 2. The van der Waals surface area contributed by atoms with Crippen molar-refractivity contribution in [3.8, 4) is 0 Å². The van der Waals surface area contributed by atoms with Gasteiger partial charge < -0.3 is 4.90 Å². The van der Waals surface area contributed by atoms with Crippen molar-refractivity contribution >= 4 is 5.78 Å². The number of pyridine rings is 1. The highest BCUT2D eigenvalue weighted by atomic mass is 16.1. The second-order valence-corrected chi connectivity index (χ2v) is 4.81. The summed E-state index contributed by atoms with van der Waals surface area (Å²) in [6.45, 7) is 4.71. The first kappa shape index (κ1) is 12.2. The minimum absolute atomic E-state index is 0.0448. The van der Waals surface area contributed by atoms with Crippen molar-refractivity contribution in [2.45, 2.75) is 13.0 Å². The number of carbonyl (C=O) groups is 1. The second kappa shape index (κ2) is 4.94. The molecule has 1 aromatic heterocycles. The number of nitrogens with zero attached hydrogens (tertiary/aromatic N) is 3. The molecule has 1 atom stereocenters. The molecule has 1 fully saturated rings. The van der Waals surface area contributed by atoms with E-state index >= 15 is 0 Å². The molecule has 0 saturated carbocycles. The quantitative estimate of drug-likeness (QED) is 0.709. The van der Waals surface area contributed by atoms with Crippen LogP contribution in [0, 0.1) is 6.92 Å². The van der Waals surface area contributed by atoms with Crippen molar-refractivity contribution in [2.24, 2.45) is 0 Å². The molecule has 0 bridgehead atoms. The number of Topliss-reactive ketones (excluding diaryl/α,β-unsaturated/α-hetero) is 1. The van der Waals surface area contributed by atoms with E-state index in [-0.39, 0.29) is 11.8 Å². The third kappa shape index (κ3) is 2.53. The molecule has 0 aliphatic carbocycles. The molecule has 0 N–H and O–H groups in total. The lowest BCUT2D eigenvalue weighted by Crippen LogP contribution is -2.53. The molecule has 92 valence electrons. The predicted octanol–water partition coefficient (Wildman–Crippen LogP) is 0.819. The Morgan fingerprint density at radius 2 is 2.18 bits per heavy atom. The Morgan fingerprint density at radius 3 is 2.88 bits per heavy atom. The summed E-state index contributed by atoms with van der Waals surface area (Å²) in [4.78, 5) is 20.9. The average molecular weight is 233 g/mol. The Kier molecular flexibility index (Phi) is 3.54. The first-order valence-corrected chi connectivity index (χ1v) is 5.93. The fourth-order valence-corrected chi connectivity index (χ4v) is 2.19. The number of carbonyl (C=O) groups excluding carboxylic acids is 1. The van der Waals surface area contributed by atoms with E-state index in [1.807, 2.05) is 20.0 Å². The molecule has 1 aliphatic heterocycles. The maximum absolute atomic E-state index is 12.5. The molecule has 0 amide bonds. The average Bonchev–Trinajstić information content (AvgIpc) is 2.32. The molecular formula is C13H19N3O. The Labute approximate surface area is 102 Å². The lowest BCUT2D eigenvalue weighted by molar-refractivity contribution is 0.0685. The Balaban J connectivity index is 2.22.